The topological polar surface area (TPSA) is 69.7 Å². The van der Waals surface area contributed by atoms with E-state index in [4.69, 9.17) is 0 Å². The number of benzene rings is 1. The van der Waals surface area contributed by atoms with Crippen molar-refractivity contribution in [3.05, 3.63) is 48.5 Å². The molecule has 6 nitrogen and oxygen atoms in total. The lowest BCUT2D eigenvalue weighted by Crippen LogP contribution is -2.56. The van der Waals surface area contributed by atoms with Crippen LogP contribution in [0.2, 0.25) is 0 Å². The van der Waals surface area contributed by atoms with Crippen LogP contribution in [0, 0.1) is 0 Å². The van der Waals surface area contributed by atoms with Gasteiger partial charge in [0, 0.05) is 18.6 Å². The molecule has 2 aromatic heterocycles. The van der Waals surface area contributed by atoms with Crippen LogP contribution >= 0.6 is 0 Å². The van der Waals surface area contributed by atoms with E-state index in [2.05, 4.69) is 60.5 Å². The number of anilines is 1. The molecule has 2 aliphatic rings. The molecule has 1 atom stereocenters. The van der Waals surface area contributed by atoms with Gasteiger partial charge in [-0.2, -0.15) is 0 Å². The van der Waals surface area contributed by atoms with Crippen molar-refractivity contribution in [2.75, 3.05) is 24.5 Å². The zero-order valence-electron chi connectivity index (χ0n) is 14.9. The van der Waals surface area contributed by atoms with Gasteiger partial charge in [0.05, 0.1) is 6.33 Å². The molecule has 0 unspecified atom stereocenters. The highest BCUT2D eigenvalue weighted by atomic mass is 15.2. The summed E-state index contributed by atoms with van der Waals surface area (Å²) in [5.74, 6) is 1.65. The van der Waals surface area contributed by atoms with Crippen LogP contribution in [0.15, 0.2) is 43.0 Å². The number of hydrogen-bond acceptors (Lipinski definition) is 5. The van der Waals surface area contributed by atoms with Gasteiger partial charge in [-0.05, 0) is 43.7 Å². The Morgan fingerprint density at radius 3 is 2.73 bits per heavy atom. The van der Waals surface area contributed by atoms with Crippen molar-refractivity contribution in [2.24, 2.45) is 0 Å². The first-order chi connectivity index (χ1) is 12.8. The maximum absolute atomic E-state index is 4.52. The highest BCUT2D eigenvalue weighted by Crippen LogP contribution is 2.39. The number of nitrogens with zero attached hydrogens (tertiary/aromatic N) is 4. The maximum atomic E-state index is 4.52. The van der Waals surface area contributed by atoms with Crippen LogP contribution in [-0.2, 0) is 0 Å². The number of rotatable bonds is 2. The molecule has 26 heavy (non-hydrogen) atoms. The van der Waals surface area contributed by atoms with E-state index in [0.29, 0.717) is 5.92 Å². The molecule has 0 amide bonds. The summed E-state index contributed by atoms with van der Waals surface area (Å²) in [6.07, 6.45) is 8.07. The lowest BCUT2D eigenvalue weighted by Gasteiger charge is -2.47. The molecule has 0 aliphatic carbocycles. The van der Waals surface area contributed by atoms with Gasteiger partial charge in [-0.3, -0.25) is 0 Å². The summed E-state index contributed by atoms with van der Waals surface area (Å²) in [6, 6.07) is 11.0. The summed E-state index contributed by atoms with van der Waals surface area (Å²) in [5, 5.41) is 3.86. The van der Waals surface area contributed by atoms with Crippen LogP contribution < -0.4 is 10.2 Å². The molecule has 0 radical (unpaired) electrons. The first-order valence-electron chi connectivity index (χ1n) is 9.52. The summed E-state index contributed by atoms with van der Waals surface area (Å²) >= 11 is 0. The van der Waals surface area contributed by atoms with Crippen LogP contribution in [0.1, 0.15) is 37.2 Å². The van der Waals surface area contributed by atoms with Gasteiger partial charge in [-0.1, -0.05) is 30.3 Å². The molecule has 134 valence electrons. The van der Waals surface area contributed by atoms with E-state index in [-0.39, 0.29) is 5.54 Å². The summed E-state index contributed by atoms with van der Waals surface area (Å²) in [7, 11) is 0. The highest BCUT2D eigenvalue weighted by molar-refractivity contribution is 5.82. The Bertz CT molecular complexity index is 881. The average molecular weight is 348 g/mol. The Hall–Kier alpha value is -2.47. The van der Waals surface area contributed by atoms with Gasteiger partial charge in [-0.25, -0.2) is 15.0 Å². The number of hydrogen-bond donors (Lipinski definition) is 2. The normalized spacial score (nSPS) is 22.8. The molecule has 3 aromatic rings. The smallest absolute Gasteiger partial charge is 0.182 e. The summed E-state index contributed by atoms with van der Waals surface area (Å²) in [6.45, 7) is 3.14. The van der Waals surface area contributed by atoms with Crippen molar-refractivity contribution in [3.63, 3.8) is 0 Å². The van der Waals surface area contributed by atoms with Crippen LogP contribution in [0.4, 0.5) is 5.82 Å². The van der Waals surface area contributed by atoms with E-state index >= 15 is 0 Å². The van der Waals surface area contributed by atoms with Crippen molar-refractivity contribution in [1.29, 1.82) is 0 Å². The molecule has 0 saturated carbocycles. The fraction of sp³-hybridized carbons (Fsp3) is 0.450. The SMILES string of the molecule is c1ccc([C@@H]2CCNC3(CCN(c4ncnc5nc[nH]c45)CC3)C2)cc1. The molecule has 2 aliphatic heterocycles. The first-order valence-corrected chi connectivity index (χ1v) is 9.52. The lowest BCUT2D eigenvalue weighted by molar-refractivity contribution is 0.188. The Morgan fingerprint density at radius 2 is 1.88 bits per heavy atom. The van der Waals surface area contributed by atoms with Crippen LogP contribution in [-0.4, -0.2) is 45.1 Å². The maximum Gasteiger partial charge on any atom is 0.182 e. The standard InChI is InChI=1S/C20H24N6/c1-2-4-15(5-3-1)16-6-9-25-20(12-16)7-10-26(11-8-20)19-17-18(22-13-21-17)23-14-24-19/h1-5,13-14,16,25H,6-12H2,(H,21,22,23,24)/t16-/m1/s1. The molecule has 6 heteroatoms. The van der Waals surface area contributed by atoms with Crippen molar-refractivity contribution >= 4 is 17.0 Å². The second-order valence-electron chi connectivity index (χ2n) is 7.59. The van der Waals surface area contributed by atoms with Crippen molar-refractivity contribution in [3.8, 4) is 0 Å². The Balaban J connectivity index is 1.32. The van der Waals surface area contributed by atoms with Crippen molar-refractivity contribution in [1.82, 2.24) is 25.3 Å². The zero-order chi connectivity index (χ0) is 17.4. The van der Waals surface area contributed by atoms with Gasteiger partial charge < -0.3 is 15.2 Å². The molecule has 4 heterocycles. The van der Waals surface area contributed by atoms with Crippen LogP contribution in [0.25, 0.3) is 11.2 Å². The Morgan fingerprint density at radius 1 is 1.04 bits per heavy atom. The first kappa shape index (κ1) is 15.8. The quantitative estimate of drug-likeness (QED) is 0.745. The van der Waals surface area contributed by atoms with Gasteiger partial charge >= 0.3 is 0 Å². The number of fused-ring (bicyclic) bond motifs is 1. The summed E-state index contributed by atoms with van der Waals surface area (Å²) < 4.78 is 0. The van der Waals surface area contributed by atoms with Crippen molar-refractivity contribution in [2.45, 2.75) is 37.1 Å². The zero-order valence-corrected chi connectivity index (χ0v) is 14.9. The second kappa shape index (κ2) is 6.36. The fourth-order valence-corrected chi connectivity index (χ4v) is 4.69. The molecule has 1 aromatic carbocycles. The number of imidazole rings is 1. The van der Waals surface area contributed by atoms with E-state index in [1.165, 1.54) is 18.4 Å². The molecular formula is C20H24N6. The van der Waals surface area contributed by atoms with E-state index in [0.717, 1.165) is 49.5 Å². The Kier molecular flexibility index (Phi) is 3.85. The number of aromatic amines is 1. The van der Waals surface area contributed by atoms with Gasteiger partial charge in [0.15, 0.2) is 11.5 Å². The average Bonchev–Trinajstić information content (AvgIpc) is 3.18. The Labute approximate surface area is 153 Å². The molecule has 2 fully saturated rings. The van der Waals surface area contributed by atoms with Gasteiger partial charge in [0.1, 0.15) is 11.8 Å². The second-order valence-corrected chi connectivity index (χ2v) is 7.59. The number of nitrogens with one attached hydrogen (secondary N) is 2. The van der Waals surface area contributed by atoms with E-state index < -0.39 is 0 Å². The third kappa shape index (κ3) is 2.74. The monoisotopic (exact) mass is 348 g/mol. The molecule has 5 rings (SSSR count). The minimum atomic E-state index is 0.259. The molecule has 2 saturated heterocycles. The van der Waals surface area contributed by atoms with Crippen LogP contribution in [0.3, 0.4) is 0 Å². The van der Waals surface area contributed by atoms with Gasteiger partial charge in [0.25, 0.3) is 0 Å². The van der Waals surface area contributed by atoms with Crippen LogP contribution in [0.5, 0.6) is 0 Å². The molecular weight excluding hydrogens is 324 g/mol. The molecule has 0 bridgehead atoms. The minimum absolute atomic E-state index is 0.259. The van der Waals surface area contributed by atoms with Gasteiger partial charge in [0.2, 0.25) is 0 Å². The predicted molar refractivity (Wildman–Crippen MR) is 102 cm³/mol. The fourth-order valence-electron chi connectivity index (χ4n) is 4.69. The van der Waals surface area contributed by atoms with E-state index in [1.807, 2.05) is 0 Å². The number of H-pyrrole nitrogens is 1. The minimum Gasteiger partial charge on any atom is -0.355 e. The lowest BCUT2D eigenvalue weighted by atomic mass is 9.74. The number of aromatic nitrogens is 4. The molecule has 2 N–H and O–H groups in total. The van der Waals surface area contributed by atoms with E-state index in [9.17, 15) is 0 Å². The summed E-state index contributed by atoms with van der Waals surface area (Å²) in [5.41, 5.74) is 3.44. The number of piperidine rings is 2. The third-order valence-corrected chi connectivity index (χ3v) is 6.12. The molecule has 1 spiro atoms. The summed E-state index contributed by atoms with van der Waals surface area (Å²) in [4.78, 5) is 18.6. The van der Waals surface area contributed by atoms with Gasteiger partial charge in [-0.15, -0.1) is 0 Å². The largest absolute Gasteiger partial charge is 0.355 e. The predicted octanol–water partition coefficient (Wildman–Crippen LogP) is 2.86. The highest BCUT2D eigenvalue weighted by Gasteiger charge is 2.39. The van der Waals surface area contributed by atoms with Crippen molar-refractivity contribution < 1.29 is 0 Å². The third-order valence-electron chi connectivity index (χ3n) is 6.12. The van der Waals surface area contributed by atoms with E-state index in [1.54, 1.807) is 12.7 Å².